The van der Waals surface area contributed by atoms with Crippen LogP contribution in [0.2, 0.25) is 0 Å². The van der Waals surface area contributed by atoms with Crippen molar-refractivity contribution in [1.29, 1.82) is 0 Å². The average molecular weight is 167 g/mol. The smallest absolute Gasteiger partial charge is 0.00434 e. The van der Waals surface area contributed by atoms with Gasteiger partial charge in [-0.05, 0) is 51.0 Å². The van der Waals surface area contributed by atoms with Crippen molar-refractivity contribution in [2.45, 2.75) is 40.0 Å². The standard InChI is InChI=1S/C11H21N/c1-9(2)5-4-6-11(3)7-10(11)8-12/h5,10H,4,6-8,12H2,1-3H3. The minimum Gasteiger partial charge on any atom is -0.330 e. The zero-order valence-corrected chi connectivity index (χ0v) is 8.56. The number of hydrogen-bond acceptors (Lipinski definition) is 1. The van der Waals surface area contributed by atoms with Gasteiger partial charge in [0.2, 0.25) is 0 Å². The summed E-state index contributed by atoms with van der Waals surface area (Å²) in [7, 11) is 0. The van der Waals surface area contributed by atoms with E-state index >= 15 is 0 Å². The Labute approximate surface area is 76.0 Å². The van der Waals surface area contributed by atoms with Gasteiger partial charge in [0.1, 0.15) is 0 Å². The van der Waals surface area contributed by atoms with Gasteiger partial charge in [0.15, 0.2) is 0 Å². The Morgan fingerprint density at radius 1 is 1.58 bits per heavy atom. The van der Waals surface area contributed by atoms with E-state index < -0.39 is 0 Å². The molecular weight excluding hydrogens is 146 g/mol. The average Bonchev–Trinajstić information content (AvgIpc) is 2.61. The molecule has 0 spiro atoms. The minimum absolute atomic E-state index is 0.584. The van der Waals surface area contributed by atoms with Crippen molar-refractivity contribution in [3.63, 3.8) is 0 Å². The van der Waals surface area contributed by atoms with Gasteiger partial charge in [-0.15, -0.1) is 0 Å². The number of hydrogen-bond donors (Lipinski definition) is 1. The maximum absolute atomic E-state index is 5.63. The van der Waals surface area contributed by atoms with Gasteiger partial charge in [0.25, 0.3) is 0 Å². The molecule has 0 aromatic heterocycles. The Kier molecular flexibility index (Phi) is 2.94. The molecule has 2 unspecified atom stereocenters. The summed E-state index contributed by atoms with van der Waals surface area (Å²) < 4.78 is 0. The zero-order valence-electron chi connectivity index (χ0n) is 8.56. The summed E-state index contributed by atoms with van der Waals surface area (Å²) in [5.41, 5.74) is 7.64. The highest BCUT2D eigenvalue weighted by molar-refractivity contribution is 5.02. The van der Waals surface area contributed by atoms with Crippen LogP contribution in [0.15, 0.2) is 11.6 Å². The van der Waals surface area contributed by atoms with E-state index in [9.17, 15) is 0 Å². The lowest BCUT2D eigenvalue weighted by Crippen LogP contribution is -2.07. The summed E-state index contributed by atoms with van der Waals surface area (Å²) in [5.74, 6) is 0.808. The first-order chi connectivity index (χ1) is 5.58. The Bertz CT molecular complexity index is 179. The van der Waals surface area contributed by atoms with Crippen LogP contribution in [-0.4, -0.2) is 6.54 Å². The molecule has 0 heterocycles. The van der Waals surface area contributed by atoms with Crippen LogP contribution in [0.4, 0.5) is 0 Å². The first-order valence-electron chi connectivity index (χ1n) is 4.92. The Hall–Kier alpha value is -0.300. The maximum atomic E-state index is 5.63. The Morgan fingerprint density at radius 2 is 2.25 bits per heavy atom. The third kappa shape index (κ3) is 2.34. The fraction of sp³-hybridized carbons (Fsp3) is 0.818. The third-order valence-electron chi connectivity index (χ3n) is 3.09. The predicted molar refractivity (Wildman–Crippen MR) is 53.9 cm³/mol. The predicted octanol–water partition coefficient (Wildman–Crippen LogP) is 2.72. The number of allylic oxidation sites excluding steroid dienone is 2. The second-order valence-electron chi connectivity index (χ2n) is 4.61. The van der Waals surface area contributed by atoms with Crippen molar-refractivity contribution in [1.82, 2.24) is 0 Å². The topological polar surface area (TPSA) is 26.0 Å². The number of rotatable bonds is 4. The van der Waals surface area contributed by atoms with E-state index in [0.717, 1.165) is 12.5 Å². The molecule has 2 N–H and O–H groups in total. The lowest BCUT2D eigenvalue weighted by Gasteiger charge is -2.07. The molecule has 70 valence electrons. The van der Waals surface area contributed by atoms with Crippen LogP contribution in [0, 0.1) is 11.3 Å². The SMILES string of the molecule is CC(C)=CCCC1(C)CC1CN. The molecule has 1 heteroatoms. The minimum atomic E-state index is 0.584. The second kappa shape index (κ2) is 3.61. The molecule has 12 heavy (non-hydrogen) atoms. The van der Waals surface area contributed by atoms with Crippen molar-refractivity contribution in [3.8, 4) is 0 Å². The van der Waals surface area contributed by atoms with Gasteiger partial charge in [-0.1, -0.05) is 18.6 Å². The molecule has 0 bridgehead atoms. The van der Waals surface area contributed by atoms with Crippen LogP contribution in [-0.2, 0) is 0 Å². The lowest BCUT2D eigenvalue weighted by atomic mass is 9.99. The molecule has 1 nitrogen and oxygen atoms in total. The van der Waals surface area contributed by atoms with Crippen LogP contribution < -0.4 is 5.73 Å². The highest BCUT2D eigenvalue weighted by atomic mass is 14.7. The van der Waals surface area contributed by atoms with Crippen molar-refractivity contribution in [3.05, 3.63) is 11.6 Å². The molecule has 1 aliphatic rings. The van der Waals surface area contributed by atoms with Gasteiger partial charge in [-0.2, -0.15) is 0 Å². The molecular formula is C11H21N. The van der Waals surface area contributed by atoms with E-state index in [1.165, 1.54) is 24.8 Å². The van der Waals surface area contributed by atoms with Crippen LogP contribution in [0.3, 0.4) is 0 Å². The molecule has 1 rings (SSSR count). The normalized spacial score (nSPS) is 33.2. The Morgan fingerprint density at radius 3 is 2.67 bits per heavy atom. The van der Waals surface area contributed by atoms with Gasteiger partial charge in [-0.3, -0.25) is 0 Å². The largest absolute Gasteiger partial charge is 0.330 e. The van der Waals surface area contributed by atoms with Gasteiger partial charge in [0, 0.05) is 0 Å². The Balaban J connectivity index is 2.21. The first-order valence-corrected chi connectivity index (χ1v) is 4.92. The molecule has 0 aromatic carbocycles. The second-order valence-corrected chi connectivity index (χ2v) is 4.61. The summed E-state index contributed by atoms with van der Waals surface area (Å²) in [5, 5.41) is 0. The molecule has 2 atom stereocenters. The summed E-state index contributed by atoms with van der Waals surface area (Å²) in [6.07, 6.45) is 6.23. The van der Waals surface area contributed by atoms with E-state index in [2.05, 4.69) is 26.8 Å². The van der Waals surface area contributed by atoms with Crippen LogP contribution in [0.5, 0.6) is 0 Å². The lowest BCUT2D eigenvalue weighted by molar-refractivity contribution is 0.468. The molecule has 1 aliphatic carbocycles. The highest BCUT2D eigenvalue weighted by Gasteiger charge is 2.47. The molecule has 1 fully saturated rings. The van der Waals surface area contributed by atoms with Gasteiger partial charge >= 0.3 is 0 Å². The monoisotopic (exact) mass is 167 g/mol. The van der Waals surface area contributed by atoms with Crippen LogP contribution in [0.1, 0.15) is 40.0 Å². The summed E-state index contributed by atoms with van der Waals surface area (Å²) in [6.45, 7) is 7.57. The molecule has 1 saturated carbocycles. The van der Waals surface area contributed by atoms with E-state index in [-0.39, 0.29) is 0 Å². The van der Waals surface area contributed by atoms with Crippen molar-refractivity contribution >= 4 is 0 Å². The van der Waals surface area contributed by atoms with E-state index in [1.807, 2.05) is 0 Å². The maximum Gasteiger partial charge on any atom is -0.00434 e. The summed E-state index contributed by atoms with van der Waals surface area (Å²) in [4.78, 5) is 0. The molecule has 0 aliphatic heterocycles. The first kappa shape index (κ1) is 9.79. The highest BCUT2D eigenvalue weighted by Crippen LogP contribution is 2.54. The summed E-state index contributed by atoms with van der Waals surface area (Å²) in [6, 6.07) is 0. The fourth-order valence-corrected chi connectivity index (χ4v) is 1.87. The van der Waals surface area contributed by atoms with Crippen LogP contribution >= 0.6 is 0 Å². The van der Waals surface area contributed by atoms with E-state index in [1.54, 1.807) is 0 Å². The van der Waals surface area contributed by atoms with E-state index in [4.69, 9.17) is 5.73 Å². The van der Waals surface area contributed by atoms with Crippen molar-refractivity contribution < 1.29 is 0 Å². The van der Waals surface area contributed by atoms with E-state index in [0.29, 0.717) is 5.41 Å². The fourth-order valence-electron chi connectivity index (χ4n) is 1.87. The van der Waals surface area contributed by atoms with Gasteiger partial charge in [0.05, 0.1) is 0 Å². The molecule has 0 saturated heterocycles. The molecule has 0 aromatic rings. The number of nitrogens with two attached hydrogens (primary N) is 1. The van der Waals surface area contributed by atoms with Crippen molar-refractivity contribution in [2.75, 3.05) is 6.54 Å². The molecule has 0 amide bonds. The molecule has 0 radical (unpaired) electrons. The third-order valence-corrected chi connectivity index (χ3v) is 3.09. The quantitative estimate of drug-likeness (QED) is 0.640. The van der Waals surface area contributed by atoms with Gasteiger partial charge < -0.3 is 5.73 Å². The zero-order chi connectivity index (χ0) is 9.19. The summed E-state index contributed by atoms with van der Waals surface area (Å²) >= 11 is 0. The van der Waals surface area contributed by atoms with Crippen molar-refractivity contribution in [2.24, 2.45) is 17.1 Å². The van der Waals surface area contributed by atoms with Crippen LogP contribution in [0.25, 0.3) is 0 Å². The van der Waals surface area contributed by atoms with Gasteiger partial charge in [-0.25, -0.2) is 0 Å².